The van der Waals surface area contributed by atoms with Crippen LogP contribution >= 0.6 is 0 Å². The summed E-state index contributed by atoms with van der Waals surface area (Å²) in [6, 6.07) is 3.61. The first-order valence-electron chi connectivity index (χ1n) is 5.58. The van der Waals surface area contributed by atoms with Crippen LogP contribution in [0.4, 0.5) is 5.82 Å². The lowest BCUT2D eigenvalue weighted by Crippen LogP contribution is -2.27. The van der Waals surface area contributed by atoms with Gasteiger partial charge in [-0.05, 0) is 24.6 Å². The summed E-state index contributed by atoms with van der Waals surface area (Å²) in [5, 5.41) is 6.80. The summed E-state index contributed by atoms with van der Waals surface area (Å²) in [5.41, 5.74) is 7.12. The van der Waals surface area contributed by atoms with Crippen LogP contribution in [-0.4, -0.2) is 20.7 Å². The van der Waals surface area contributed by atoms with E-state index in [0.29, 0.717) is 11.4 Å². The van der Waals surface area contributed by atoms with Crippen LogP contribution in [0.5, 0.6) is 0 Å². The Hall–Kier alpha value is -2.37. The van der Waals surface area contributed by atoms with Crippen molar-refractivity contribution in [1.82, 2.24) is 20.1 Å². The van der Waals surface area contributed by atoms with Crippen molar-refractivity contribution >= 4 is 11.7 Å². The molecule has 0 aromatic carbocycles. The van der Waals surface area contributed by atoms with Gasteiger partial charge in [0, 0.05) is 19.4 Å². The molecule has 1 atom stereocenters. The first kappa shape index (κ1) is 12.1. The summed E-state index contributed by atoms with van der Waals surface area (Å²) in [6.45, 7) is 1.90. The van der Waals surface area contributed by atoms with Gasteiger partial charge in [-0.15, -0.1) is 0 Å². The van der Waals surface area contributed by atoms with Gasteiger partial charge in [0.2, 0.25) is 0 Å². The highest BCUT2D eigenvalue weighted by Gasteiger charge is 2.16. The predicted molar refractivity (Wildman–Crippen MR) is 67.7 cm³/mol. The number of aromatic nitrogens is 3. The number of aryl methyl sites for hydroxylation is 1. The van der Waals surface area contributed by atoms with E-state index in [4.69, 9.17) is 5.73 Å². The normalized spacial score (nSPS) is 12.1. The molecule has 2 aromatic heterocycles. The summed E-state index contributed by atoms with van der Waals surface area (Å²) < 4.78 is 1.46. The molecule has 0 aliphatic carbocycles. The minimum atomic E-state index is -0.232. The fourth-order valence-corrected chi connectivity index (χ4v) is 1.63. The number of nitrogens with two attached hydrogens (primary N) is 1. The molecule has 18 heavy (non-hydrogen) atoms. The van der Waals surface area contributed by atoms with Crippen LogP contribution < -0.4 is 11.1 Å². The Balaban J connectivity index is 2.11. The fourth-order valence-electron chi connectivity index (χ4n) is 1.63. The molecule has 0 fully saturated rings. The molecule has 2 aromatic rings. The number of anilines is 1. The van der Waals surface area contributed by atoms with Crippen molar-refractivity contribution < 1.29 is 4.79 Å². The smallest absolute Gasteiger partial charge is 0.257 e. The van der Waals surface area contributed by atoms with Gasteiger partial charge in [0.1, 0.15) is 11.4 Å². The number of nitrogens with one attached hydrogen (secondary N) is 1. The standard InChI is InChI=1S/C12H15N5O/c1-8(9-3-5-14-6-4-9)16-12(18)10-7-15-17(2)11(10)13/h3-8H,13H2,1-2H3,(H,16,18). The molecule has 0 aliphatic rings. The van der Waals surface area contributed by atoms with Crippen LogP contribution in [0, 0.1) is 0 Å². The van der Waals surface area contributed by atoms with Crippen molar-refractivity contribution in [3.05, 3.63) is 41.9 Å². The number of hydrogen-bond acceptors (Lipinski definition) is 4. The van der Waals surface area contributed by atoms with Gasteiger partial charge in [-0.3, -0.25) is 14.5 Å². The van der Waals surface area contributed by atoms with Gasteiger partial charge in [0.05, 0.1) is 12.2 Å². The first-order chi connectivity index (χ1) is 8.59. The first-order valence-corrected chi connectivity index (χ1v) is 5.58. The van der Waals surface area contributed by atoms with Crippen molar-refractivity contribution in [3.63, 3.8) is 0 Å². The Morgan fingerprint density at radius 1 is 1.44 bits per heavy atom. The highest BCUT2D eigenvalue weighted by atomic mass is 16.1. The molecule has 0 saturated heterocycles. The molecule has 0 bridgehead atoms. The maximum Gasteiger partial charge on any atom is 0.257 e. The van der Waals surface area contributed by atoms with Gasteiger partial charge in [-0.2, -0.15) is 5.10 Å². The molecule has 0 aliphatic heterocycles. The van der Waals surface area contributed by atoms with Gasteiger partial charge >= 0.3 is 0 Å². The van der Waals surface area contributed by atoms with Gasteiger partial charge in [-0.1, -0.05) is 0 Å². The topological polar surface area (TPSA) is 85.8 Å². The van der Waals surface area contributed by atoms with E-state index in [1.54, 1.807) is 19.4 Å². The van der Waals surface area contributed by atoms with E-state index in [1.165, 1.54) is 10.9 Å². The minimum Gasteiger partial charge on any atom is -0.383 e. The van der Waals surface area contributed by atoms with Gasteiger partial charge < -0.3 is 11.1 Å². The monoisotopic (exact) mass is 245 g/mol. The van der Waals surface area contributed by atoms with Gasteiger partial charge in [0.15, 0.2) is 0 Å². The largest absolute Gasteiger partial charge is 0.383 e. The molecule has 0 saturated carbocycles. The molecule has 94 valence electrons. The van der Waals surface area contributed by atoms with Gasteiger partial charge in [-0.25, -0.2) is 0 Å². The highest BCUT2D eigenvalue weighted by Crippen LogP contribution is 2.14. The summed E-state index contributed by atoms with van der Waals surface area (Å²) in [4.78, 5) is 15.9. The Morgan fingerprint density at radius 2 is 2.11 bits per heavy atom. The Labute approximate surface area is 105 Å². The van der Waals surface area contributed by atoms with Crippen molar-refractivity contribution in [2.75, 3.05) is 5.73 Å². The van der Waals surface area contributed by atoms with Crippen LogP contribution in [0.1, 0.15) is 28.9 Å². The molecular weight excluding hydrogens is 230 g/mol. The van der Waals surface area contributed by atoms with E-state index in [2.05, 4.69) is 15.4 Å². The quantitative estimate of drug-likeness (QED) is 0.840. The Bertz CT molecular complexity index is 549. The van der Waals surface area contributed by atoms with Crippen LogP contribution in [0.2, 0.25) is 0 Å². The van der Waals surface area contributed by atoms with Crippen LogP contribution in [0.25, 0.3) is 0 Å². The zero-order valence-corrected chi connectivity index (χ0v) is 10.3. The van der Waals surface area contributed by atoms with E-state index in [9.17, 15) is 4.79 Å². The second kappa shape index (κ2) is 4.87. The zero-order chi connectivity index (χ0) is 13.1. The number of amides is 1. The maximum atomic E-state index is 12.0. The predicted octanol–water partition coefficient (Wildman–Crippen LogP) is 0.888. The van der Waals surface area contributed by atoms with Crippen LogP contribution in [-0.2, 0) is 7.05 Å². The van der Waals surface area contributed by atoms with Crippen molar-refractivity contribution in [2.45, 2.75) is 13.0 Å². The fraction of sp³-hybridized carbons (Fsp3) is 0.250. The minimum absolute atomic E-state index is 0.111. The third-order valence-corrected chi connectivity index (χ3v) is 2.78. The highest BCUT2D eigenvalue weighted by molar-refractivity contribution is 5.98. The van der Waals surface area contributed by atoms with Gasteiger partial charge in [0.25, 0.3) is 5.91 Å². The molecule has 2 heterocycles. The van der Waals surface area contributed by atoms with E-state index in [1.807, 2.05) is 19.1 Å². The number of rotatable bonds is 3. The molecule has 2 rings (SSSR count). The summed E-state index contributed by atoms with van der Waals surface area (Å²) in [6.07, 6.45) is 4.84. The number of carbonyl (C=O) groups excluding carboxylic acids is 1. The number of nitrogens with zero attached hydrogens (tertiary/aromatic N) is 3. The van der Waals surface area contributed by atoms with E-state index < -0.39 is 0 Å². The lowest BCUT2D eigenvalue weighted by Gasteiger charge is -2.13. The second-order valence-electron chi connectivity index (χ2n) is 4.04. The third-order valence-electron chi connectivity index (χ3n) is 2.78. The SMILES string of the molecule is CC(NC(=O)c1cnn(C)c1N)c1ccncc1. The van der Waals surface area contributed by atoms with E-state index >= 15 is 0 Å². The van der Waals surface area contributed by atoms with Crippen LogP contribution in [0.15, 0.2) is 30.7 Å². The lowest BCUT2D eigenvalue weighted by molar-refractivity contribution is 0.0940. The number of hydrogen-bond donors (Lipinski definition) is 2. The molecule has 0 spiro atoms. The second-order valence-corrected chi connectivity index (χ2v) is 4.04. The van der Waals surface area contributed by atoms with Crippen molar-refractivity contribution in [2.24, 2.45) is 7.05 Å². The summed E-state index contributed by atoms with van der Waals surface area (Å²) in [7, 11) is 1.69. The van der Waals surface area contributed by atoms with E-state index in [0.717, 1.165) is 5.56 Å². The summed E-state index contributed by atoms with van der Waals surface area (Å²) in [5.74, 6) is 0.124. The zero-order valence-electron chi connectivity index (χ0n) is 10.3. The van der Waals surface area contributed by atoms with Crippen molar-refractivity contribution in [3.8, 4) is 0 Å². The number of carbonyl (C=O) groups is 1. The maximum absolute atomic E-state index is 12.0. The molecule has 0 radical (unpaired) electrons. The molecule has 6 nitrogen and oxygen atoms in total. The average Bonchev–Trinajstić information content (AvgIpc) is 2.71. The van der Waals surface area contributed by atoms with Crippen LogP contribution in [0.3, 0.4) is 0 Å². The molecule has 1 amide bonds. The third kappa shape index (κ3) is 2.32. The molecule has 3 N–H and O–H groups in total. The molecule has 1 unspecified atom stereocenters. The molecule has 6 heteroatoms. The summed E-state index contributed by atoms with van der Waals surface area (Å²) >= 11 is 0. The number of nitrogen functional groups attached to an aromatic ring is 1. The Kier molecular flexibility index (Phi) is 3.27. The molecular formula is C12H15N5O. The lowest BCUT2D eigenvalue weighted by atomic mass is 10.1. The number of pyridine rings is 1. The van der Waals surface area contributed by atoms with Crippen molar-refractivity contribution in [1.29, 1.82) is 0 Å². The Morgan fingerprint density at radius 3 is 2.67 bits per heavy atom. The van der Waals surface area contributed by atoms with E-state index in [-0.39, 0.29) is 11.9 Å². The average molecular weight is 245 g/mol.